The number of aliphatic hydroxyl groups excluding tert-OH is 1. The molecule has 3 heteroatoms. The molecule has 2 aliphatic rings. The SMILES string of the molecule is O=C1C(=O)c2ccccc2C(O)=C1CCCc1ccc(C2CCCC2)cc1. The summed E-state index contributed by atoms with van der Waals surface area (Å²) in [6.45, 7) is 0. The van der Waals surface area contributed by atoms with Gasteiger partial charge in [0, 0.05) is 16.7 Å². The number of Topliss-reactive ketones (excluding diaryl/α,β-unsaturated/α-hetero) is 2. The maximum Gasteiger partial charge on any atom is 0.234 e. The average molecular weight is 360 g/mol. The van der Waals surface area contributed by atoms with Crippen molar-refractivity contribution in [1.29, 1.82) is 0 Å². The number of fused-ring (bicyclic) bond motifs is 1. The van der Waals surface area contributed by atoms with Gasteiger partial charge in [0.1, 0.15) is 5.76 Å². The quantitative estimate of drug-likeness (QED) is 0.726. The van der Waals surface area contributed by atoms with Crippen LogP contribution in [-0.2, 0) is 11.2 Å². The van der Waals surface area contributed by atoms with Crippen molar-refractivity contribution in [2.75, 3.05) is 0 Å². The summed E-state index contributed by atoms with van der Waals surface area (Å²) in [5.74, 6) is -0.402. The highest BCUT2D eigenvalue weighted by Crippen LogP contribution is 2.34. The Bertz CT molecular complexity index is 899. The van der Waals surface area contributed by atoms with Gasteiger partial charge in [0.2, 0.25) is 11.6 Å². The molecule has 3 nitrogen and oxygen atoms in total. The maximum atomic E-state index is 12.4. The predicted molar refractivity (Wildman–Crippen MR) is 106 cm³/mol. The summed E-state index contributed by atoms with van der Waals surface area (Å²) in [5.41, 5.74) is 3.68. The first-order valence-electron chi connectivity index (χ1n) is 9.84. The second-order valence-electron chi connectivity index (χ2n) is 7.61. The maximum absolute atomic E-state index is 12.4. The number of carbonyl (C=O) groups excluding carboxylic acids is 2. The lowest BCUT2D eigenvalue weighted by molar-refractivity contribution is -0.112. The van der Waals surface area contributed by atoms with E-state index >= 15 is 0 Å². The Hall–Kier alpha value is -2.68. The Morgan fingerprint density at radius 1 is 0.815 bits per heavy atom. The smallest absolute Gasteiger partial charge is 0.234 e. The van der Waals surface area contributed by atoms with Crippen LogP contribution in [0.4, 0.5) is 0 Å². The second kappa shape index (κ2) is 7.51. The van der Waals surface area contributed by atoms with Crippen LogP contribution >= 0.6 is 0 Å². The van der Waals surface area contributed by atoms with Crippen LogP contribution in [0.1, 0.15) is 71.5 Å². The fraction of sp³-hybridized carbons (Fsp3) is 0.333. The van der Waals surface area contributed by atoms with Crippen LogP contribution in [0.15, 0.2) is 54.1 Å². The Kier molecular flexibility index (Phi) is 4.93. The van der Waals surface area contributed by atoms with E-state index in [1.807, 2.05) is 0 Å². The van der Waals surface area contributed by atoms with Crippen LogP contribution in [0.2, 0.25) is 0 Å². The molecular formula is C24H24O3. The minimum absolute atomic E-state index is 0.0354. The third-order valence-electron chi connectivity index (χ3n) is 5.89. The fourth-order valence-electron chi connectivity index (χ4n) is 4.33. The summed E-state index contributed by atoms with van der Waals surface area (Å²) < 4.78 is 0. The summed E-state index contributed by atoms with van der Waals surface area (Å²) in [7, 11) is 0. The first-order valence-corrected chi connectivity index (χ1v) is 9.84. The van der Waals surface area contributed by atoms with Gasteiger partial charge >= 0.3 is 0 Å². The number of aryl methyl sites for hydroxylation is 1. The number of carbonyl (C=O) groups is 2. The molecule has 0 saturated heterocycles. The van der Waals surface area contributed by atoms with Crippen LogP contribution in [0.3, 0.4) is 0 Å². The minimum atomic E-state index is -0.567. The number of ketones is 2. The summed E-state index contributed by atoms with van der Waals surface area (Å²) in [5, 5.41) is 10.5. The van der Waals surface area contributed by atoms with Crippen molar-refractivity contribution in [2.45, 2.75) is 50.9 Å². The van der Waals surface area contributed by atoms with Crippen LogP contribution in [0.5, 0.6) is 0 Å². The van der Waals surface area contributed by atoms with E-state index in [2.05, 4.69) is 24.3 Å². The highest BCUT2D eigenvalue weighted by atomic mass is 16.3. The van der Waals surface area contributed by atoms with Crippen molar-refractivity contribution in [3.63, 3.8) is 0 Å². The highest BCUT2D eigenvalue weighted by molar-refractivity contribution is 6.52. The van der Waals surface area contributed by atoms with Gasteiger partial charge in [-0.2, -0.15) is 0 Å². The number of benzene rings is 2. The molecule has 1 saturated carbocycles. The zero-order valence-electron chi connectivity index (χ0n) is 15.4. The minimum Gasteiger partial charge on any atom is -0.507 e. The van der Waals surface area contributed by atoms with E-state index in [0.29, 0.717) is 23.5 Å². The summed E-state index contributed by atoms with van der Waals surface area (Å²) in [6, 6.07) is 15.6. The monoisotopic (exact) mass is 360 g/mol. The molecule has 1 N–H and O–H groups in total. The molecule has 2 aromatic carbocycles. The lowest BCUT2D eigenvalue weighted by Gasteiger charge is -2.17. The van der Waals surface area contributed by atoms with Crippen molar-refractivity contribution < 1.29 is 14.7 Å². The molecule has 1 fully saturated rings. The van der Waals surface area contributed by atoms with Gasteiger partial charge in [0.05, 0.1) is 0 Å². The van der Waals surface area contributed by atoms with E-state index in [-0.39, 0.29) is 11.3 Å². The molecule has 0 aliphatic heterocycles. The molecule has 0 heterocycles. The van der Waals surface area contributed by atoms with Gasteiger partial charge in [-0.25, -0.2) is 0 Å². The van der Waals surface area contributed by atoms with Gasteiger partial charge in [0.15, 0.2) is 0 Å². The first-order chi connectivity index (χ1) is 13.1. The van der Waals surface area contributed by atoms with Gasteiger partial charge in [-0.05, 0) is 49.1 Å². The van der Waals surface area contributed by atoms with Crippen molar-refractivity contribution in [1.82, 2.24) is 0 Å². The number of allylic oxidation sites excluding steroid dienone is 1. The number of hydrogen-bond donors (Lipinski definition) is 1. The van der Waals surface area contributed by atoms with Gasteiger partial charge in [0.25, 0.3) is 0 Å². The van der Waals surface area contributed by atoms with E-state index in [0.717, 1.165) is 12.8 Å². The standard InChI is InChI=1S/C24H24O3/c25-22-19-9-3-4-10-20(19)23(26)24(27)21(22)11-5-6-16-12-14-18(15-13-16)17-7-1-2-8-17/h3-4,9-10,12-15,17,25H,1-2,5-8,11H2. The van der Waals surface area contributed by atoms with E-state index in [9.17, 15) is 14.7 Å². The third kappa shape index (κ3) is 3.46. The molecule has 0 aromatic heterocycles. The Labute approximate surface area is 159 Å². The second-order valence-corrected chi connectivity index (χ2v) is 7.61. The molecule has 2 aliphatic carbocycles. The van der Waals surface area contributed by atoms with E-state index in [1.165, 1.54) is 36.8 Å². The van der Waals surface area contributed by atoms with Gasteiger partial charge in [-0.15, -0.1) is 0 Å². The number of rotatable bonds is 5. The Morgan fingerprint density at radius 3 is 2.19 bits per heavy atom. The number of hydrogen-bond acceptors (Lipinski definition) is 3. The molecule has 138 valence electrons. The van der Waals surface area contributed by atoms with Crippen LogP contribution in [0.25, 0.3) is 5.76 Å². The molecule has 0 spiro atoms. The van der Waals surface area contributed by atoms with Gasteiger partial charge in [-0.1, -0.05) is 61.4 Å². The van der Waals surface area contributed by atoms with Crippen molar-refractivity contribution >= 4 is 17.3 Å². The van der Waals surface area contributed by atoms with Gasteiger partial charge < -0.3 is 5.11 Å². The van der Waals surface area contributed by atoms with Crippen LogP contribution < -0.4 is 0 Å². The lowest BCUT2D eigenvalue weighted by Crippen LogP contribution is -2.24. The molecule has 2 aromatic rings. The summed E-state index contributed by atoms with van der Waals surface area (Å²) in [6.07, 6.45) is 7.22. The lowest BCUT2D eigenvalue weighted by atomic mass is 9.86. The number of aliphatic hydroxyl groups is 1. The fourth-order valence-corrected chi connectivity index (χ4v) is 4.33. The zero-order chi connectivity index (χ0) is 18.8. The first kappa shape index (κ1) is 17.7. The van der Waals surface area contributed by atoms with Gasteiger partial charge in [-0.3, -0.25) is 9.59 Å². The Balaban J connectivity index is 1.42. The van der Waals surface area contributed by atoms with E-state index in [1.54, 1.807) is 24.3 Å². The molecule has 0 amide bonds. The molecule has 27 heavy (non-hydrogen) atoms. The summed E-state index contributed by atoms with van der Waals surface area (Å²) >= 11 is 0. The van der Waals surface area contributed by atoms with Crippen molar-refractivity contribution in [2.24, 2.45) is 0 Å². The highest BCUT2D eigenvalue weighted by Gasteiger charge is 2.31. The zero-order valence-corrected chi connectivity index (χ0v) is 15.4. The predicted octanol–water partition coefficient (Wildman–Crippen LogP) is 5.40. The molecular weight excluding hydrogens is 336 g/mol. The Morgan fingerprint density at radius 2 is 1.48 bits per heavy atom. The molecule has 0 bridgehead atoms. The average Bonchev–Trinajstić information content (AvgIpc) is 3.24. The van der Waals surface area contributed by atoms with E-state index < -0.39 is 11.6 Å². The van der Waals surface area contributed by atoms with Crippen molar-refractivity contribution in [3.8, 4) is 0 Å². The largest absolute Gasteiger partial charge is 0.507 e. The summed E-state index contributed by atoms with van der Waals surface area (Å²) in [4.78, 5) is 24.6. The molecule has 4 rings (SSSR count). The van der Waals surface area contributed by atoms with Crippen LogP contribution in [-0.4, -0.2) is 16.7 Å². The van der Waals surface area contributed by atoms with Crippen LogP contribution in [0, 0.1) is 0 Å². The topological polar surface area (TPSA) is 54.4 Å². The van der Waals surface area contributed by atoms with Crippen molar-refractivity contribution in [3.05, 3.63) is 76.4 Å². The molecule has 0 radical (unpaired) electrons. The molecule has 0 unspecified atom stereocenters. The third-order valence-corrected chi connectivity index (χ3v) is 5.89. The van der Waals surface area contributed by atoms with E-state index in [4.69, 9.17) is 0 Å². The molecule has 0 atom stereocenters. The normalized spacial score (nSPS) is 17.5.